The molecule has 1 aromatic rings. The third-order valence-corrected chi connectivity index (χ3v) is 2.23. The molecule has 0 spiro atoms. The third-order valence-electron chi connectivity index (χ3n) is 2.23. The average Bonchev–Trinajstić information content (AvgIpc) is 2.79. The Morgan fingerprint density at radius 1 is 1.38 bits per heavy atom. The smallest absolute Gasteiger partial charge is 0.220 e. The van der Waals surface area contributed by atoms with Gasteiger partial charge in [-0.05, 0) is 25.1 Å². The summed E-state index contributed by atoms with van der Waals surface area (Å²) in [6.45, 7) is 4.65. The van der Waals surface area contributed by atoms with E-state index in [1.807, 2.05) is 12.1 Å². The molecule has 1 amide bonds. The van der Waals surface area contributed by atoms with E-state index < -0.39 is 0 Å². The van der Waals surface area contributed by atoms with Gasteiger partial charge in [-0.15, -0.1) is 0 Å². The molecule has 0 saturated carbocycles. The minimum absolute atomic E-state index is 0.0784. The molecule has 0 aromatic carbocycles. The van der Waals surface area contributed by atoms with Crippen LogP contribution in [0.15, 0.2) is 22.8 Å². The summed E-state index contributed by atoms with van der Waals surface area (Å²) < 4.78 is 5.15. The van der Waals surface area contributed by atoms with Crippen LogP contribution in [0.1, 0.15) is 25.5 Å². The molecule has 0 aliphatic rings. The van der Waals surface area contributed by atoms with Crippen molar-refractivity contribution in [2.45, 2.75) is 26.2 Å². The lowest BCUT2D eigenvalue weighted by Gasteiger charge is -2.05. The number of hydrogen-bond acceptors (Lipinski definition) is 3. The van der Waals surface area contributed by atoms with Gasteiger partial charge in [0.1, 0.15) is 5.76 Å². The Kier molecular flexibility index (Phi) is 6.33. The first kappa shape index (κ1) is 12.8. The zero-order valence-electron chi connectivity index (χ0n) is 9.79. The van der Waals surface area contributed by atoms with Crippen molar-refractivity contribution in [1.82, 2.24) is 10.6 Å². The maximum absolute atomic E-state index is 11.4. The predicted molar refractivity (Wildman–Crippen MR) is 63.2 cm³/mol. The van der Waals surface area contributed by atoms with E-state index in [0.29, 0.717) is 19.4 Å². The highest BCUT2D eigenvalue weighted by molar-refractivity contribution is 5.76. The quantitative estimate of drug-likeness (QED) is 0.655. The molecule has 2 N–H and O–H groups in total. The van der Waals surface area contributed by atoms with E-state index in [9.17, 15) is 4.79 Å². The maximum atomic E-state index is 11.4. The Labute approximate surface area is 96.4 Å². The Morgan fingerprint density at radius 2 is 2.25 bits per heavy atom. The molecule has 1 rings (SSSR count). The van der Waals surface area contributed by atoms with Crippen molar-refractivity contribution < 1.29 is 9.21 Å². The molecule has 0 fully saturated rings. The molecule has 0 bridgehead atoms. The normalized spacial score (nSPS) is 10.3. The van der Waals surface area contributed by atoms with Gasteiger partial charge >= 0.3 is 0 Å². The van der Waals surface area contributed by atoms with Crippen LogP contribution < -0.4 is 10.6 Å². The van der Waals surface area contributed by atoms with Gasteiger partial charge in [-0.2, -0.15) is 0 Å². The number of rotatable bonds is 8. The van der Waals surface area contributed by atoms with E-state index in [1.165, 1.54) is 0 Å². The van der Waals surface area contributed by atoms with Gasteiger partial charge in [0.25, 0.3) is 0 Å². The van der Waals surface area contributed by atoms with Crippen LogP contribution in [0.5, 0.6) is 0 Å². The van der Waals surface area contributed by atoms with Crippen LogP contribution in [0.25, 0.3) is 0 Å². The number of hydrogen-bond donors (Lipinski definition) is 2. The van der Waals surface area contributed by atoms with Crippen LogP contribution in [0.4, 0.5) is 0 Å². The first-order valence-electron chi connectivity index (χ1n) is 5.82. The molecule has 0 atom stereocenters. The molecule has 0 radical (unpaired) electrons. The highest BCUT2D eigenvalue weighted by atomic mass is 16.3. The van der Waals surface area contributed by atoms with Crippen molar-refractivity contribution >= 4 is 5.91 Å². The molecule has 4 heteroatoms. The summed E-state index contributed by atoms with van der Waals surface area (Å²) in [5, 5.41) is 6.09. The standard InChI is InChI=1S/C12H20N2O2/c1-2-7-13-8-9-14-12(15)6-5-11-4-3-10-16-11/h3-4,10,13H,2,5-9H2,1H3,(H,14,15). The van der Waals surface area contributed by atoms with E-state index in [1.54, 1.807) is 6.26 Å². The van der Waals surface area contributed by atoms with Gasteiger partial charge in [0.15, 0.2) is 0 Å². The van der Waals surface area contributed by atoms with Crippen LogP contribution in [0.2, 0.25) is 0 Å². The molecule has 1 heterocycles. The minimum Gasteiger partial charge on any atom is -0.469 e. The summed E-state index contributed by atoms with van der Waals surface area (Å²) in [7, 11) is 0. The van der Waals surface area contributed by atoms with E-state index in [0.717, 1.165) is 25.3 Å². The summed E-state index contributed by atoms with van der Waals surface area (Å²) in [5.74, 6) is 0.939. The minimum atomic E-state index is 0.0784. The molecule has 4 nitrogen and oxygen atoms in total. The Bertz CT molecular complexity index is 283. The fourth-order valence-corrected chi connectivity index (χ4v) is 1.37. The predicted octanol–water partition coefficient (Wildman–Crippen LogP) is 1.33. The maximum Gasteiger partial charge on any atom is 0.220 e. The molecular formula is C12H20N2O2. The molecule has 1 aromatic heterocycles. The van der Waals surface area contributed by atoms with E-state index in [2.05, 4.69) is 17.6 Å². The molecular weight excluding hydrogens is 204 g/mol. The second-order valence-electron chi connectivity index (χ2n) is 3.68. The number of carbonyl (C=O) groups excluding carboxylic acids is 1. The fraction of sp³-hybridized carbons (Fsp3) is 0.583. The largest absolute Gasteiger partial charge is 0.469 e. The number of nitrogens with one attached hydrogen (secondary N) is 2. The second-order valence-corrected chi connectivity index (χ2v) is 3.68. The van der Waals surface area contributed by atoms with Gasteiger partial charge in [0, 0.05) is 25.9 Å². The average molecular weight is 224 g/mol. The monoisotopic (exact) mass is 224 g/mol. The topological polar surface area (TPSA) is 54.3 Å². The summed E-state index contributed by atoms with van der Waals surface area (Å²) in [6.07, 6.45) is 3.90. The van der Waals surface area contributed by atoms with Gasteiger partial charge < -0.3 is 15.1 Å². The van der Waals surface area contributed by atoms with Crippen molar-refractivity contribution in [2.24, 2.45) is 0 Å². The molecule has 0 aliphatic carbocycles. The van der Waals surface area contributed by atoms with Crippen LogP contribution in [0.3, 0.4) is 0 Å². The molecule has 90 valence electrons. The molecule has 0 aliphatic heterocycles. The summed E-state index contributed by atoms with van der Waals surface area (Å²) >= 11 is 0. The molecule has 0 unspecified atom stereocenters. The number of carbonyl (C=O) groups is 1. The van der Waals surface area contributed by atoms with Crippen LogP contribution in [0, 0.1) is 0 Å². The van der Waals surface area contributed by atoms with Crippen LogP contribution in [-0.4, -0.2) is 25.5 Å². The lowest BCUT2D eigenvalue weighted by atomic mass is 10.2. The van der Waals surface area contributed by atoms with Gasteiger partial charge in [0.2, 0.25) is 5.91 Å². The highest BCUT2D eigenvalue weighted by Gasteiger charge is 2.02. The zero-order chi connectivity index (χ0) is 11.6. The van der Waals surface area contributed by atoms with Gasteiger partial charge in [-0.1, -0.05) is 6.92 Å². The Morgan fingerprint density at radius 3 is 2.94 bits per heavy atom. The first-order chi connectivity index (χ1) is 7.83. The fourth-order valence-electron chi connectivity index (χ4n) is 1.37. The first-order valence-corrected chi connectivity index (χ1v) is 5.82. The van der Waals surface area contributed by atoms with Gasteiger partial charge in [-0.3, -0.25) is 4.79 Å². The van der Waals surface area contributed by atoms with Gasteiger partial charge in [0.05, 0.1) is 6.26 Å². The summed E-state index contributed by atoms with van der Waals surface area (Å²) in [5.41, 5.74) is 0. The third kappa shape index (κ3) is 5.56. The van der Waals surface area contributed by atoms with Crippen LogP contribution >= 0.6 is 0 Å². The van der Waals surface area contributed by atoms with Crippen molar-refractivity contribution in [3.63, 3.8) is 0 Å². The van der Waals surface area contributed by atoms with E-state index in [-0.39, 0.29) is 5.91 Å². The van der Waals surface area contributed by atoms with Crippen molar-refractivity contribution in [3.8, 4) is 0 Å². The van der Waals surface area contributed by atoms with Gasteiger partial charge in [-0.25, -0.2) is 0 Å². The Hall–Kier alpha value is -1.29. The number of furan rings is 1. The molecule has 0 saturated heterocycles. The van der Waals surface area contributed by atoms with Crippen LogP contribution in [-0.2, 0) is 11.2 Å². The Balaban J connectivity index is 1.99. The number of amides is 1. The van der Waals surface area contributed by atoms with E-state index in [4.69, 9.17) is 4.42 Å². The van der Waals surface area contributed by atoms with E-state index >= 15 is 0 Å². The second kappa shape index (κ2) is 7.93. The summed E-state index contributed by atoms with van der Waals surface area (Å²) in [4.78, 5) is 11.4. The lowest BCUT2D eigenvalue weighted by molar-refractivity contribution is -0.121. The zero-order valence-corrected chi connectivity index (χ0v) is 9.79. The van der Waals surface area contributed by atoms with Crippen molar-refractivity contribution in [2.75, 3.05) is 19.6 Å². The summed E-state index contributed by atoms with van der Waals surface area (Å²) in [6, 6.07) is 3.72. The SMILES string of the molecule is CCCNCCNC(=O)CCc1ccco1. The highest BCUT2D eigenvalue weighted by Crippen LogP contribution is 2.02. The number of aryl methyl sites for hydroxylation is 1. The van der Waals surface area contributed by atoms with Crippen molar-refractivity contribution in [3.05, 3.63) is 24.2 Å². The lowest BCUT2D eigenvalue weighted by Crippen LogP contribution is -2.32. The molecule has 16 heavy (non-hydrogen) atoms. The van der Waals surface area contributed by atoms with Crippen molar-refractivity contribution in [1.29, 1.82) is 0 Å².